The number of carbonyl (C=O) groups is 1. The second kappa shape index (κ2) is 5.90. The van der Waals surface area contributed by atoms with E-state index in [1.165, 1.54) is 18.2 Å². The first-order valence-corrected chi connectivity index (χ1v) is 6.83. The van der Waals surface area contributed by atoms with Crippen LogP contribution in [0.5, 0.6) is 0 Å². The van der Waals surface area contributed by atoms with Crippen LogP contribution < -0.4 is 4.90 Å². The molecule has 6 heteroatoms. The Labute approximate surface area is 117 Å². The summed E-state index contributed by atoms with van der Waals surface area (Å²) in [7, 11) is 0. The van der Waals surface area contributed by atoms with E-state index in [0.717, 1.165) is 32.2 Å². The fourth-order valence-electron chi connectivity index (χ4n) is 2.79. The zero-order valence-corrected chi connectivity index (χ0v) is 11.4. The van der Waals surface area contributed by atoms with E-state index in [-0.39, 0.29) is 17.3 Å². The number of hydrogen-bond donors (Lipinski definition) is 1. The first kappa shape index (κ1) is 14.3. The minimum absolute atomic E-state index is 0.0644. The van der Waals surface area contributed by atoms with Gasteiger partial charge < -0.3 is 10.0 Å². The summed E-state index contributed by atoms with van der Waals surface area (Å²) in [5, 5.41) is 20.2. The molecule has 1 fully saturated rings. The maximum Gasteiger partial charge on any atom is 0.337 e. The highest BCUT2D eigenvalue weighted by Crippen LogP contribution is 2.32. The van der Waals surface area contributed by atoms with E-state index in [2.05, 4.69) is 6.92 Å². The molecule has 0 saturated carbocycles. The van der Waals surface area contributed by atoms with Crippen LogP contribution in [-0.4, -0.2) is 28.6 Å². The predicted octanol–water partition coefficient (Wildman–Crippen LogP) is 3.06. The quantitative estimate of drug-likeness (QED) is 0.676. The summed E-state index contributed by atoms with van der Waals surface area (Å²) in [6, 6.07) is 4.22. The summed E-state index contributed by atoms with van der Waals surface area (Å²) in [6.45, 7) is 2.81. The summed E-state index contributed by atoms with van der Waals surface area (Å²) < 4.78 is 0. The molecule has 1 heterocycles. The molecule has 0 radical (unpaired) electrons. The first-order valence-electron chi connectivity index (χ1n) is 6.83. The van der Waals surface area contributed by atoms with Gasteiger partial charge in [0.2, 0.25) is 0 Å². The molecule has 0 spiro atoms. The maximum atomic E-state index is 11.3. The van der Waals surface area contributed by atoms with Crippen molar-refractivity contribution in [3.63, 3.8) is 0 Å². The van der Waals surface area contributed by atoms with Gasteiger partial charge in [0.15, 0.2) is 0 Å². The van der Waals surface area contributed by atoms with Gasteiger partial charge >= 0.3 is 5.97 Å². The van der Waals surface area contributed by atoms with Crippen LogP contribution in [0.15, 0.2) is 18.2 Å². The number of carboxylic acid groups (broad SMARTS) is 1. The Kier molecular flexibility index (Phi) is 4.22. The van der Waals surface area contributed by atoms with E-state index >= 15 is 0 Å². The zero-order valence-electron chi connectivity index (χ0n) is 11.4. The molecular weight excluding hydrogens is 260 g/mol. The van der Waals surface area contributed by atoms with Crippen molar-refractivity contribution in [1.82, 2.24) is 0 Å². The van der Waals surface area contributed by atoms with E-state index in [1.54, 1.807) is 0 Å². The number of carboxylic acids is 1. The number of hydrogen-bond acceptors (Lipinski definition) is 4. The molecule has 0 bridgehead atoms. The highest BCUT2D eigenvalue weighted by molar-refractivity contribution is 5.95. The maximum absolute atomic E-state index is 11.3. The van der Waals surface area contributed by atoms with Gasteiger partial charge in [0.25, 0.3) is 5.69 Å². The smallest absolute Gasteiger partial charge is 0.337 e. The monoisotopic (exact) mass is 278 g/mol. The lowest BCUT2D eigenvalue weighted by atomic mass is 9.97. The number of nitro benzene ring substituents is 1. The summed E-state index contributed by atoms with van der Waals surface area (Å²) in [5.74, 6) is -1.05. The summed E-state index contributed by atoms with van der Waals surface area (Å²) in [5.41, 5.74) is 0.541. The third-order valence-corrected chi connectivity index (χ3v) is 3.83. The van der Waals surface area contributed by atoms with Crippen molar-refractivity contribution in [1.29, 1.82) is 0 Å². The normalized spacial score (nSPS) is 18.9. The van der Waals surface area contributed by atoms with Crippen molar-refractivity contribution < 1.29 is 14.8 Å². The topological polar surface area (TPSA) is 83.7 Å². The highest BCUT2D eigenvalue weighted by Gasteiger charge is 2.26. The minimum Gasteiger partial charge on any atom is -0.478 e. The molecule has 0 aromatic heterocycles. The van der Waals surface area contributed by atoms with Crippen LogP contribution in [-0.2, 0) is 0 Å². The predicted molar refractivity (Wildman–Crippen MR) is 75.3 cm³/mol. The van der Waals surface area contributed by atoms with Gasteiger partial charge in [0.1, 0.15) is 0 Å². The first-order chi connectivity index (χ1) is 9.54. The second-order valence-electron chi connectivity index (χ2n) is 5.01. The molecule has 0 aliphatic carbocycles. The van der Waals surface area contributed by atoms with Gasteiger partial charge in [-0.15, -0.1) is 0 Å². The number of aromatic carboxylic acids is 1. The van der Waals surface area contributed by atoms with Crippen molar-refractivity contribution in [2.45, 2.75) is 38.6 Å². The molecule has 1 aromatic rings. The SMILES string of the molecule is CCC1CCCCN1c1cc([N+](=O)[O-])ccc1C(=O)O. The number of piperidine rings is 1. The average Bonchev–Trinajstić information content (AvgIpc) is 2.46. The fourth-order valence-corrected chi connectivity index (χ4v) is 2.79. The van der Waals surface area contributed by atoms with Crippen LogP contribution >= 0.6 is 0 Å². The lowest BCUT2D eigenvalue weighted by Gasteiger charge is -2.37. The zero-order chi connectivity index (χ0) is 14.7. The molecule has 1 aliphatic heterocycles. The lowest BCUT2D eigenvalue weighted by molar-refractivity contribution is -0.384. The lowest BCUT2D eigenvalue weighted by Crippen LogP contribution is -2.40. The van der Waals surface area contributed by atoms with Crippen molar-refractivity contribution in [2.75, 3.05) is 11.4 Å². The van der Waals surface area contributed by atoms with E-state index in [1.807, 2.05) is 4.90 Å². The van der Waals surface area contributed by atoms with Crippen molar-refractivity contribution in [2.24, 2.45) is 0 Å². The number of rotatable bonds is 4. The van der Waals surface area contributed by atoms with E-state index < -0.39 is 10.9 Å². The molecular formula is C14H18N2O4. The van der Waals surface area contributed by atoms with Gasteiger partial charge in [-0.05, 0) is 31.7 Å². The van der Waals surface area contributed by atoms with Crippen molar-refractivity contribution >= 4 is 17.3 Å². The van der Waals surface area contributed by atoms with Gasteiger partial charge in [-0.3, -0.25) is 10.1 Å². The molecule has 1 unspecified atom stereocenters. The molecule has 1 aromatic carbocycles. The average molecular weight is 278 g/mol. The third kappa shape index (κ3) is 2.74. The van der Waals surface area contributed by atoms with Gasteiger partial charge in [-0.2, -0.15) is 0 Å². The summed E-state index contributed by atoms with van der Waals surface area (Å²) >= 11 is 0. The van der Waals surface area contributed by atoms with Crippen LogP contribution in [0.3, 0.4) is 0 Å². The molecule has 0 amide bonds. The van der Waals surface area contributed by atoms with Crippen LogP contribution in [0.2, 0.25) is 0 Å². The standard InChI is InChI=1S/C14H18N2O4/c1-2-10-5-3-4-8-15(10)13-9-11(16(19)20)6-7-12(13)14(17)18/h6-7,9-10H,2-5,8H2,1H3,(H,17,18). The van der Waals surface area contributed by atoms with Crippen molar-refractivity contribution in [3.05, 3.63) is 33.9 Å². The summed E-state index contributed by atoms with van der Waals surface area (Å²) in [6.07, 6.45) is 4.00. The van der Waals surface area contributed by atoms with Gasteiger partial charge in [-0.1, -0.05) is 6.92 Å². The van der Waals surface area contributed by atoms with Crippen molar-refractivity contribution in [3.8, 4) is 0 Å². The van der Waals surface area contributed by atoms with Gasteiger partial charge in [0, 0.05) is 24.7 Å². The molecule has 1 atom stereocenters. The van der Waals surface area contributed by atoms with Crippen LogP contribution in [0.4, 0.5) is 11.4 Å². The van der Waals surface area contributed by atoms with Crippen LogP contribution in [0.1, 0.15) is 43.0 Å². The Morgan fingerprint density at radius 3 is 2.85 bits per heavy atom. The van der Waals surface area contributed by atoms with Crippen LogP contribution in [0, 0.1) is 10.1 Å². The van der Waals surface area contributed by atoms with Gasteiger partial charge in [0.05, 0.1) is 16.2 Å². The Bertz CT molecular complexity index is 530. The third-order valence-electron chi connectivity index (χ3n) is 3.83. The molecule has 2 rings (SSSR count). The Morgan fingerprint density at radius 1 is 1.50 bits per heavy atom. The van der Waals surface area contributed by atoms with E-state index in [9.17, 15) is 20.0 Å². The number of nitrogens with zero attached hydrogens (tertiary/aromatic N) is 2. The summed E-state index contributed by atoms with van der Waals surface area (Å²) in [4.78, 5) is 23.8. The minimum atomic E-state index is -1.05. The number of benzene rings is 1. The molecule has 1 N–H and O–H groups in total. The Morgan fingerprint density at radius 2 is 2.25 bits per heavy atom. The number of nitro groups is 1. The Hall–Kier alpha value is -2.11. The largest absolute Gasteiger partial charge is 0.478 e. The number of non-ortho nitro benzene ring substituents is 1. The molecule has 1 aliphatic rings. The second-order valence-corrected chi connectivity index (χ2v) is 5.01. The van der Waals surface area contributed by atoms with E-state index in [0.29, 0.717) is 5.69 Å². The molecule has 1 saturated heterocycles. The number of anilines is 1. The highest BCUT2D eigenvalue weighted by atomic mass is 16.6. The molecule has 6 nitrogen and oxygen atoms in total. The van der Waals surface area contributed by atoms with Crippen LogP contribution in [0.25, 0.3) is 0 Å². The van der Waals surface area contributed by atoms with E-state index in [4.69, 9.17) is 0 Å². The molecule has 108 valence electrons. The molecule has 20 heavy (non-hydrogen) atoms. The Balaban J connectivity index is 2.47. The fraction of sp³-hybridized carbons (Fsp3) is 0.500. The van der Waals surface area contributed by atoms with Gasteiger partial charge in [-0.25, -0.2) is 4.79 Å².